The first-order valence-corrected chi connectivity index (χ1v) is 14.0. The van der Waals surface area contributed by atoms with Gasteiger partial charge in [-0.25, -0.2) is 18.4 Å². The maximum absolute atomic E-state index is 13.7. The van der Waals surface area contributed by atoms with Crippen LogP contribution in [0.15, 0.2) is 40.4 Å². The van der Waals surface area contributed by atoms with Gasteiger partial charge in [-0.05, 0) is 50.7 Å². The molecule has 2 N–H and O–H groups in total. The van der Waals surface area contributed by atoms with Gasteiger partial charge in [0.2, 0.25) is 15.7 Å². The first-order chi connectivity index (χ1) is 16.6. The molecule has 1 atom stereocenters. The number of anilines is 1. The number of amides is 1. The van der Waals surface area contributed by atoms with Gasteiger partial charge in [0.15, 0.2) is 5.03 Å². The van der Waals surface area contributed by atoms with Gasteiger partial charge in [-0.2, -0.15) is 0 Å². The van der Waals surface area contributed by atoms with Crippen molar-refractivity contribution in [1.29, 1.82) is 0 Å². The molecule has 3 heterocycles. The maximum Gasteiger partial charge on any atom is 0.253 e. The predicted octanol–water partition coefficient (Wildman–Crippen LogP) is 4.38. The Balaban J connectivity index is 1.62. The Morgan fingerprint density at radius 2 is 1.94 bits per heavy atom. The molecule has 1 saturated heterocycles. The second-order valence-electron chi connectivity index (χ2n) is 10.6. The van der Waals surface area contributed by atoms with Crippen LogP contribution in [0.3, 0.4) is 0 Å². The standard InChI is InChI=1S/C26H36N4O4S/c1-18-16-26(2,3)30(17-18)25-23(24(27)31)20(12-14-28-25)35(32,33)22-11-7-10-21(29-22)34-15-13-19-8-5-4-6-9-19/h7,10-12,14,18-19H,4-6,8-9,13,15-17H2,1-3H3,(H2,27,31). The van der Waals surface area contributed by atoms with Crippen LogP contribution in [0.4, 0.5) is 5.82 Å². The average Bonchev–Trinajstić information content (AvgIpc) is 3.11. The Bertz CT molecular complexity index is 1180. The summed E-state index contributed by atoms with van der Waals surface area (Å²) >= 11 is 0. The monoisotopic (exact) mass is 500 g/mol. The molecular formula is C26H36N4O4S. The van der Waals surface area contributed by atoms with Gasteiger partial charge < -0.3 is 15.4 Å². The lowest BCUT2D eigenvalue weighted by atomic mass is 9.87. The third kappa shape index (κ3) is 5.44. The van der Waals surface area contributed by atoms with E-state index in [1.807, 2.05) is 4.90 Å². The van der Waals surface area contributed by atoms with Crippen molar-refractivity contribution < 1.29 is 17.9 Å². The van der Waals surface area contributed by atoms with Crippen LogP contribution in [0.2, 0.25) is 0 Å². The van der Waals surface area contributed by atoms with Gasteiger partial charge in [-0.3, -0.25) is 4.79 Å². The van der Waals surface area contributed by atoms with E-state index >= 15 is 0 Å². The molecule has 1 amide bonds. The van der Waals surface area contributed by atoms with Crippen LogP contribution in [0.25, 0.3) is 0 Å². The smallest absolute Gasteiger partial charge is 0.253 e. The van der Waals surface area contributed by atoms with Crippen molar-refractivity contribution in [1.82, 2.24) is 9.97 Å². The number of hydrogen-bond acceptors (Lipinski definition) is 7. The summed E-state index contributed by atoms with van der Waals surface area (Å²) in [4.78, 5) is 23.0. The summed E-state index contributed by atoms with van der Waals surface area (Å²) in [6.45, 7) is 7.39. The molecule has 9 heteroatoms. The van der Waals surface area contributed by atoms with Crippen LogP contribution in [0.1, 0.15) is 76.1 Å². The van der Waals surface area contributed by atoms with E-state index in [9.17, 15) is 13.2 Å². The molecule has 1 aliphatic heterocycles. The van der Waals surface area contributed by atoms with E-state index in [0.29, 0.717) is 30.8 Å². The van der Waals surface area contributed by atoms with E-state index in [1.165, 1.54) is 50.4 Å². The Hall–Kier alpha value is -2.68. The lowest BCUT2D eigenvalue weighted by Gasteiger charge is -2.33. The Labute approximate surface area is 208 Å². The average molecular weight is 501 g/mol. The minimum atomic E-state index is -4.14. The Kier molecular flexibility index (Phi) is 7.35. The van der Waals surface area contributed by atoms with Crippen LogP contribution >= 0.6 is 0 Å². The Morgan fingerprint density at radius 3 is 2.60 bits per heavy atom. The highest BCUT2D eigenvalue weighted by molar-refractivity contribution is 7.91. The second-order valence-corrected chi connectivity index (χ2v) is 12.4. The van der Waals surface area contributed by atoms with Gasteiger partial charge in [0.25, 0.3) is 5.91 Å². The molecule has 2 aromatic rings. The number of carbonyl (C=O) groups excluding carboxylic acids is 1. The molecule has 2 fully saturated rings. The number of carbonyl (C=O) groups is 1. The summed E-state index contributed by atoms with van der Waals surface area (Å²) in [6, 6.07) is 5.99. The molecule has 35 heavy (non-hydrogen) atoms. The fourth-order valence-electron chi connectivity index (χ4n) is 5.60. The SMILES string of the molecule is CC1CN(c2nccc(S(=O)(=O)c3cccc(OCCC4CCCCC4)n3)c2C(N)=O)C(C)(C)C1. The van der Waals surface area contributed by atoms with Gasteiger partial charge in [0.1, 0.15) is 11.4 Å². The topological polar surface area (TPSA) is 115 Å². The van der Waals surface area contributed by atoms with Crippen LogP contribution in [0.5, 0.6) is 5.88 Å². The zero-order valence-corrected chi connectivity index (χ0v) is 21.7. The van der Waals surface area contributed by atoms with E-state index < -0.39 is 15.7 Å². The van der Waals surface area contributed by atoms with Crippen molar-refractivity contribution >= 4 is 21.6 Å². The third-order valence-corrected chi connectivity index (χ3v) is 8.93. The molecule has 1 aliphatic carbocycles. The highest BCUT2D eigenvalue weighted by Gasteiger charge is 2.40. The van der Waals surface area contributed by atoms with Crippen molar-refractivity contribution in [2.24, 2.45) is 17.6 Å². The van der Waals surface area contributed by atoms with Crippen LogP contribution in [-0.4, -0.2) is 43.0 Å². The zero-order chi connectivity index (χ0) is 25.2. The van der Waals surface area contributed by atoms with Crippen LogP contribution < -0.4 is 15.4 Å². The molecule has 2 aromatic heterocycles. The predicted molar refractivity (Wildman–Crippen MR) is 134 cm³/mol. The summed E-state index contributed by atoms with van der Waals surface area (Å²) in [5.74, 6) is 0.750. The van der Waals surface area contributed by atoms with Crippen molar-refractivity contribution in [2.45, 2.75) is 81.2 Å². The molecule has 0 aromatic carbocycles. The summed E-state index contributed by atoms with van der Waals surface area (Å²) in [5.41, 5.74) is 5.35. The summed E-state index contributed by atoms with van der Waals surface area (Å²) in [7, 11) is -4.14. The van der Waals surface area contributed by atoms with Crippen molar-refractivity contribution in [3.63, 3.8) is 0 Å². The highest BCUT2D eigenvalue weighted by Crippen LogP contribution is 2.39. The number of aromatic nitrogens is 2. The molecule has 190 valence electrons. The van der Waals surface area contributed by atoms with E-state index in [0.717, 1.165) is 12.8 Å². The number of ether oxygens (including phenoxy) is 1. The van der Waals surface area contributed by atoms with Gasteiger partial charge in [0.05, 0.1) is 11.5 Å². The van der Waals surface area contributed by atoms with E-state index in [2.05, 4.69) is 30.7 Å². The summed E-state index contributed by atoms with van der Waals surface area (Å²) in [6.07, 6.45) is 9.51. The minimum absolute atomic E-state index is 0.0971. The molecule has 4 rings (SSSR count). The van der Waals surface area contributed by atoms with Crippen molar-refractivity contribution in [3.8, 4) is 5.88 Å². The molecule has 0 spiro atoms. The molecule has 0 radical (unpaired) electrons. The van der Waals surface area contributed by atoms with Gasteiger partial charge >= 0.3 is 0 Å². The lowest BCUT2D eigenvalue weighted by molar-refractivity contribution is 0.0997. The van der Waals surface area contributed by atoms with E-state index in [1.54, 1.807) is 12.1 Å². The van der Waals surface area contributed by atoms with E-state index in [4.69, 9.17) is 10.5 Å². The maximum atomic E-state index is 13.7. The molecule has 0 bridgehead atoms. The van der Waals surface area contributed by atoms with Crippen molar-refractivity contribution in [3.05, 3.63) is 36.0 Å². The number of nitrogens with zero attached hydrogens (tertiary/aromatic N) is 3. The number of hydrogen-bond donors (Lipinski definition) is 1. The van der Waals surface area contributed by atoms with Gasteiger partial charge in [-0.1, -0.05) is 45.1 Å². The zero-order valence-electron chi connectivity index (χ0n) is 20.9. The van der Waals surface area contributed by atoms with Gasteiger partial charge in [-0.15, -0.1) is 0 Å². The molecule has 2 aliphatic rings. The number of sulfone groups is 1. The number of rotatable bonds is 8. The normalized spacial score (nSPS) is 20.7. The largest absolute Gasteiger partial charge is 0.478 e. The number of pyridine rings is 2. The molecular weight excluding hydrogens is 464 g/mol. The minimum Gasteiger partial charge on any atom is -0.478 e. The number of nitrogens with two attached hydrogens (primary N) is 1. The second kappa shape index (κ2) is 10.1. The Morgan fingerprint density at radius 1 is 1.20 bits per heavy atom. The fraction of sp³-hybridized carbons (Fsp3) is 0.577. The van der Waals surface area contributed by atoms with E-state index in [-0.39, 0.29) is 26.9 Å². The fourth-order valence-corrected chi connectivity index (χ4v) is 6.99. The molecule has 8 nitrogen and oxygen atoms in total. The number of primary amides is 1. The van der Waals surface area contributed by atoms with Crippen LogP contribution in [-0.2, 0) is 9.84 Å². The summed E-state index contributed by atoms with van der Waals surface area (Å²) in [5, 5.41) is -0.179. The first kappa shape index (κ1) is 25.4. The quantitative estimate of drug-likeness (QED) is 0.572. The third-order valence-electron chi connectivity index (χ3n) is 7.23. The summed E-state index contributed by atoms with van der Waals surface area (Å²) < 4.78 is 33.1. The lowest BCUT2D eigenvalue weighted by Crippen LogP contribution is -2.40. The van der Waals surface area contributed by atoms with Crippen molar-refractivity contribution in [2.75, 3.05) is 18.1 Å². The van der Waals surface area contributed by atoms with Crippen LogP contribution in [0, 0.1) is 11.8 Å². The highest BCUT2D eigenvalue weighted by atomic mass is 32.2. The molecule has 1 unspecified atom stereocenters. The first-order valence-electron chi connectivity index (χ1n) is 12.5. The molecule has 1 saturated carbocycles. The van der Waals surface area contributed by atoms with Gasteiger partial charge in [0, 0.05) is 24.3 Å².